The summed E-state index contributed by atoms with van der Waals surface area (Å²) in [5.74, 6) is 0. The Kier molecular flexibility index (Phi) is 1.60. The first-order chi connectivity index (χ1) is 4.25. The van der Waals surface area contributed by atoms with Crippen LogP contribution in [0.3, 0.4) is 0 Å². The van der Waals surface area contributed by atoms with E-state index in [0.29, 0.717) is 0 Å². The molecule has 0 atom stereocenters. The van der Waals surface area contributed by atoms with Gasteiger partial charge < -0.3 is 0 Å². The van der Waals surface area contributed by atoms with Gasteiger partial charge in [0.05, 0.1) is 10.9 Å². The van der Waals surface area contributed by atoms with Crippen molar-refractivity contribution in [2.24, 2.45) is 4.99 Å². The molecule has 0 unspecified atom stereocenters. The Balaban J connectivity index is 2.92. The molecule has 1 rings (SSSR count). The minimum Gasteiger partial charge on any atom is -0.195 e. The highest BCUT2D eigenvalue weighted by atomic mass is 32.1. The lowest BCUT2D eigenvalue weighted by Gasteiger charge is -2.18. The van der Waals surface area contributed by atoms with Crippen molar-refractivity contribution in [1.82, 2.24) is 0 Å². The van der Waals surface area contributed by atoms with Crippen molar-refractivity contribution in [2.75, 3.05) is 0 Å². The van der Waals surface area contributed by atoms with Gasteiger partial charge >= 0.3 is 0 Å². The van der Waals surface area contributed by atoms with Gasteiger partial charge in [-0.2, -0.15) is 4.99 Å². The maximum absolute atomic E-state index is 4.44. The van der Waals surface area contributed by atoms with Gasteiger partial charge in [-0.3, -0.25) is 0 Å². The number of thiocarbonyl (C=S) groups is 1. The first-order valence-corrected chi connectivity index (χ1v) is 3.12. The molecule has 1 nitrogen and oxygen atoms in total. The second-order valence-electron chi connectivity index (χ2n) is 2.11. The van der Waals surface area contributed by atoms with Crippen LogP contribution in [-0.2, 0) is 0 Å². The van der Waals surface area contributed by atoms with Crippen LogP contribution in [0.25, 0.3) is 0 Å². The Morgan fingerprint density at radius 3 is 2.67 bits per heavy atom. The van der Waals surface area contributed by atoms with Crippen molar-refractivity contribution in [2.45, 2.75) is 13.3 Å². The zero-order valence-corrected chi connectivity index (χ0v) is 6.09. The third kappa shape index (κ3) is 0.995. The molecule has 0 aliphatic heterocycles. The van der Waals surface area contributed by atoms with Crippen LogP contribution in [0.4, 0.5) is 0 Å². The largest absolute Gasteiger partial charge is 0.195 e. The molecule has 2 heteroatoms. The predicted molar refractivity (Wildman–Crippen MR) is 41.5 cm³/mol. The van der Waals surface area contributed by atoms with Crippen LogP contribution >= 0.6 is 12.2 Å². The quantitative estimate of drug-likeness (QED) is 0.399. The number of rotatable bonds is 1. The zero-order valence-electron chi connectivity index (χ0n) is 5.27. The molecule has 0 aromatic heterocycles. The van der Waals surface area contributed by atoms with E-state index < -0.39 is 0 Å². The number of nitrogens with zero attached hydrogens (tertiary/aromatic N) is 1. The van der Waals surface area contributed by atoms with Crippen LogP contribution in [-0.4, -0.2) is 5.16 Å². The lowest BCUT2D eigenvalue weighted by Crippen LogP contribution is -2.01. The van der Waals surface area contributed by atoms with Gasteiger partial charge in [-0.15, -0.1) is 0 Å². The molecule has 0 N–H and O–H groups in total. The Morgan fingerprint density at radius 1 is 1.78 bits per heavy atom. The van der Waals surface area contributed by atoms with Gasteiger partial charge in [-0.1, -0.05) is 6.58 Å². The normalized spacial score (nSPS) is 16.8. The molecule has 46 valence electrons. The second-order valence-corrected chi connectivity index (χ2v) is 2.29. The lowest BCUT2D eigenvalue weighted by molar-refractivity contribution is 0.970. The molecule has 0 spiro atoms. The topological polar surface area (TPSA) is 12.4 Å². The summed E-state index contributed by atoms with van der Waals surface area (Å²) in [6.07, 6.45) is 0.982. The SMILES string of the molecule is C=C1CC(C)=C1N=C=S. The van der Waals surface area contributed by atoms with Gasteiger partial charge in [-0.25, -0.2) is 0 Å². The summed E-state index contributed by atoms with van der Waals surface area (Å²) in [6.45, 7) is 5.80. The first-order valence-electron chi connectivity index (χ1n) is 2.71. The molecule has 0 bridgehead atoms. The molecular formula is C7H7NS. The minimum absolute atomic E-state index is 0.949. The van der Waals surface area contributed by atoms with Crippen LogP contribution in [0.1, 0.15) is 13.3 Å². The highest BCUT2D eigenvalue weighted by Crippen LogP contribution is 2.32. The van der Waals surface area contributed by atoms with Gasteiger partial charge in [-0.05, 0) is 36.7 Å². The third-order valence-electron chi connectivity index (χ3n) is 1.38. The Labute approximate surface area is 59.8 Å². The van der Waals surface area contributed by atoms with E-state index in [-0.39, 0.29) is 0 Å². The van der Waals surface area contributed by atoms with Gasteiger partial charge in [0.15, 0.2) is 0 Å². The number of allylic oxidation sites excluding steroid dienone is 2. The summed E-state index contributed by atoms with van der Waals surface area (Å²) in [5.41, 5.74) is 3.28. The summed E-state index contributed by atoms with van der Waals surface area (Å²) in [4.78, 5) is 3.84. The van der Waals surface area contributed by atoms with Crippen LogP contribution in [0, 0.1) is 0 Å². The van der Waals surface area contributed by atoms with Gasteiger partial charge in [0, 0.05) is 0 Å². The minimum atomic E-state index is 0.949. The fourth-order valence-corrected chi connectivity index (χ4v) is 0.994. The van der Waals surface area contributed by atoms with E-state index in [2.05, 4.69) is 29.0 Å². The molecule has 0 fully saturated rings. The van der Waals surface area contributed by atoms with Crippen molar-refractivity contribution in [3.05, 3.63) is 23.4 Å². The smallest absolute Gasteiger partial charge is 0.0761 e. The molecule has 0 saturated heterocycles. The number of isothiocyanates is 1. The molecule has 1 aliphatic carbocycles. The van der Waals surface area contributed by atoms with Gasteiger partial charge in [0.1, 0.15) is 0 Å². The average molecular weight is 137 g/mol. The van der Waals surface area contributed by atoms with Crippen molar-refractivity contribution >= 4 is 17.4 Å². The van der Waals surface area contributed by atoms with E-state index in [1.807, 2.05) is 6.92 Å². The fourth-order valence-electron chi connectivity index (χ4n) is 0.903. The third-order valence-corrected chi connectivity index (χ3v) is 1.47. The fraction of sp³-hybridized carbons (Fsp3) is 0.286. The second kappa shape index (κ2) is 2.26. The summed E-state index contributed by atoms with van der Waals surface area (Å²) < 4.78 is 0. The maximum Gasteiger partial charge on any atom is 0.0761 e. The van der Waals surface area contributed by atoms with E-state index in [0.717, 1.165) is 17.7 Å². The molecule has 0 aromatic rings. The van der Waals surface area contributed by atoms with E-state index in [1.54, 1.807) is 0 Å². The van der Waals surface area contributed by atoms with E-state index >= 15 is 0 Å². The predicted octanol–water partition coefficient (Wildman–Crippen LogP) is 2.32. The molecule has 9 heavy (non-hydrogen) atoms. The number of hydrogen-bond donors (Lipinski definition) is 0. The molecule has 0 radical (unpaired) electrons. The van der Waals surface area contributed by atoms with E-state index in [1.165, 1.54) is 5.57 Å². The van der Waals surface area contributed by atoms with Gasteiger partial charge in [0.2, 0.25) is 0 Å². The molecule has 0 saturated carbocycles. The molecule has 1 aliphatic rings. The number of hydrogen-bond acceptors (Lipinski definition) is 2. The molecule has 0 amide bonds. The molecule has 0 aromatic carbocycles. The summed E-state index contributed by atoms with van der Waals surface area (Å²) in [6, 6.07) is 0. The van der Waals surface area contributed by atoms with Crippen molar-refractivity contribution < 1.29 is 0 Å². The zero-order chi connectivity index (χ0) is 6.85. The average Bonchev–Trinajstić information content (AvgIpc) is 1.84. The first kappa shape index (κ1) is 6.40. The van der Waals surface area contributed by atoms with Crippen LogP contribution in [0.15, 0.2) is 28.4 Å². The van der Waals surface area contributed by atoms with Crippen LogP contribution < -0.4 is 0 Å². The van der Waals surface area contributed by atoms with Crippen molar-refractivity contribution in [1.29, 1.82) is 0 Å². The highest BCUT2D eigenvalue weighted by molar-refractivity contribution is 7.78. The Hall–Kier alpha value is -0.720. The molecule has 0 heterocycles. The lowest BCUT2D eigenvalue weighted by atomic mass is 9.91. The summed E-state index contributed by atoms with van der Waals surface area (Å²) in [7, 11) is 0. The number of aliphatic imine (C=N–C) groups is 1. The van der Waals surface area contributed by atoms with Crippen molar-refractivity contribution in [3.8, 4) is 0 Å². The van der Waals surface area contributed by atoms with Crippen LogP contribution in [0.5, 0.6) is 0 Å². The molecular weight excluding hydrogens is 130 g/mol. The highest BCUT2D eigenvalue weighted by Gasteiger charge is 2.15. The Morgan fingerprint density at radius 2 is 2.44 bits per heavy atom. The monoisotopic (exact) mass is 137 g/mol. The standard InChI is InChI=1S/C7H7NS/c1-5-3-6(2)7(5)8-4-9/h1,3H2,2H3. The van der Waals surface area contributed by atoms with E-state index in [4.69, 9.17) is 0 Å². The van der Waals surface area contributed by atoms with E-state index in [9.17, 15) is 0 Å². The van der Waals surface area contributed by atoms with Crippen LogP contribution in [0.2, 0.25) is 0 Å². The summed E-state index contributed by atoms with van der Waals surface area (Å²) in [5, 5.41) is 2.32. The summed E-state index contributed by atoms with van der Waals surface area (Å²) >= 11 is 4.44. The van der Waals surface area contributed by atoms with Gasteiger partial charge in [0.25, 0.3) is 0 Å². The Bertz CT molecular complexity index is 231. The maximum atomic E-state index is 4.44. The van der Waals surface area contributed by atoms with Crippen molar-refractivity contribution in [3.63, 3.8) is 0 Å².